The lowest BCUT2D eigenvalue weighted by molar-refractivity contribution is 0.284. The smallest absolute Gasteiger partial charge is 0.0431 e. The van der Waals surface area contributed by atoms with Gasteiger partial charge >= 0.3 is 0 Å². The number of aliphatic hydroxyl groups excluding tert-OH is 1. The molecule has 0 aliphatic heterocycles. The fraction of sp³-hybridized carbons (Fsp3) is 0.778. The summed E-state index contributed by atoms with van der Waals surface area (Å²) >= 11 is 0. The molecule has 0 saturated heterocycles. The van der Waals surface area contributed by atoms with Crippen LogP contribution in [0, 0.1) is 0 Å². The topological polar surface area (TPSA) is 20.2 Å². The third kappa shape index (κ3) is 2.53. The van der Waals surface area contributed by atoms with Gasteiger partial charge in [0.2, 0.25) is 0 Å². The summed E-state index contributed by atoms with van der Waals surface area (Å²) in [6, 6.07) is 0. The van der Waals surface area contributed by atoms with Gasteiger partial charge in [0.05, 0.1) is 0 Å². The predicted molar refractivity (Wildman–Crippen MR) is 42.9 cm³/mol. The first kappa shape index (κ1) is 7.80. The number of rotatable bonds is 4. The van der Waals surface area contributed by atoms with Crippen molar-refractivity contribution in [1.29, 1.82) is 0 Å². The Morgan fingerprint density at radius 3 is 2.90 bits per heavy atom. The van der Waals surface area contributed by atoms with E-state index in [0.717, 1.165) is 6.42 Å². The van der Waals surface area contributed by atoms with Gasteiger partial charge < -0.3 is 5.11 Å². The van der Waals surface area contributed by atoms with Crippen LogP contribution in [-0.2, 0) is 0 Å². The molecule has 0 radical (unpaired) electrons. The zero-order chi connectivity index (χ0) is 7.23. The Bertz CT molecular complexity index is 116. The van der Waals surface area contributed by atoms with Crippen molar-refractivity contribution in [3.63, 3.8) is 0 Å². The Hall–Kier alpha value is -0.300. The van der Waals surface area contributed by atoms with Crippen LogP contribution in [-0.4, -0.2) is 11.7 Å². The van der Waals surface area contributed by atoms with Crippen molar-refractivity contribution < 1.29 is 5.11 Å². The molecule has 0 atom stereocenters. The Kier molecular flexibility index (Phi) is 3.52. The minimum absolute atomic E-state index is 0.354. The molecule has 0 spiro atoms. The maximum absolute atomic E-state index is 8.52. The molecular formula is C9H16O. The zero-order valence-corrected chi connectivity index (χ0v) is 6.47. The van der Waals surface area contributed by atoms with E-state index in [1.165, 1.54) is 32.1 Å². The fourth-order valence-electron chi connectivity index (χ4n) is 1.43. The molecule has 0 unspecified atom stereocenters. The van der Waals surface area contributed by atoms with Crippen LogP contribution in [0.15, 0.2) is 11.6 Å². The van der Waals surface area contributed by atoms with Crippen molar-refractivity contribution in [1.82, 2.24) is 0 Å². The van der Waals surface area contributed by atoms with Gasteiger partial charge in [0.25, 0.3) is 0 Å². The Morgan fingerprint density at radius 1 is 1.40 bits per heavy atom. The molecule has 1 N–H and O–H groups in total. The van der Waals surface area contributed by atoms with Gasteiger partial charge in [0.15, 0.2) is 0 Å². The summed E-state index contributed by atoms with van der Waals surface area (Å²) < 4.78 is 0. The van der Waals surface area contributed by atoms with Crippen molar-refractivity contribution in [3.8, 4) is 0 Å². The van der Waals surface area contributed by atoms with Crippen LogP contribution in [0.2, 0.25) is 0 Å². The monoisotopic (exact) mass is 140 g/mol. The number of hydrogen-bond acceptors (Lipinski definition) is 1. The van der Waals surface area contributed by atoms with E-state index in [0.29, 0.717) is 6.61 Å². The summed E-state index contributed by atoms with van der Waals surface area (Å²) in [5.74, 6) is 0. The van der Waals surface area contributed by atoms with Gasteiger partial charge in [0, 0.05) is 6.61 Å². The SMILES string of the molecule is OCCCCC1=CCCC1. The largest absolute Gasteiger partial charge is 0.396 e. The number of hydrogen-bond donors (Lipinski definition) is 1. The van der Waals surface area contributed by atoms with E-state index < -0.39 is 0 Å². The molecular weight excluding hydrogens is 124 g/mol. The molecule has 1 aliphatic rings. The van der Waals surface area contributed by atoms with E-state index in [4.69, 9.17) is 5.11 Å². The second-order valence-electron chi connectivity index (χ2n) is 2.94. The van der Waals surface area contributed by atoms with Crippen LogP contribution >= 0.6 is 0 Å². The first-order chi connectivity index (χ1) is 4.93. The van der Waals surface area contributed by atoms with Crippen molar-refractivity contribution in [2.45, 2.75) is 38.5 Å². The molecule has 1 heteroatoms. The van der Waals surface area contributed by atoms with Gasteiger partial charge in [-0.3, -0.25) is 0 Å². The van der Waals surface area contributed by atoms with Crippen molar-refractivity contribution in [2.75, 3.05) is 6.61 Å². The van der Waals surface area contributed by atoms with E-state index in [2.05, 4.69) is 6.08 Å². The molecule has 0 bridgehead atoms. The van der Waals surface area contributed by atoms with Gasteiger partial charge in [0.1, 0.15) is 0 Å². The molecule has 0 aromatic carbocycles. The average Bonchev–Trinajstić information content (AvgIpc) is 2.41. The summed E-state index contributed by atoms with van der Waals surface area (Å²) in [7, 11) is 0. The Labute approximate surface area is 62.8 Å². The minimum Gasteiger partial charge on any atom is -0.396 e. The third-order valence-corrected chi connectivity index (χ3v) is 2.04. The molecule has 0 heterocycles. The van der Waals surface area contributed by atoms with Gasteiger partial charge in [-0.25, -0.2) is 0 Å². The molecule has 1 nitrogen and oxygen atoms in total. The second kappa shape index (κ2) is 4.51. The molecule has 10 heavy (non-hydrogen) atoms. The number of allylic oxidation sites excluding steroid dienone is 2. The van der Waals surface area contributed by atoms with Crippen LogP contribution in [0.1, 0.15) is 38.5 Å². The highest BCUT2D eigenvalue weighted by molar-refractivity contribution is 5.06. The molecule has 1 rings (SSSR count). The van der Waals surface area contributed by atoms with E-state index >= 15 is 0 Å². The highest BCUT2D eigenvalue weighted by atomic mass is 16.2. The summed E-state index contributed by atoms with van der Waals surface area (Å²) in [6.07, 6.45) is 9.67. The molecule has 0 fully saturated rings. The van der Waals surface area contributed by atoms with Crippen molar-refractivity contribution >= 4 is 0 Å². The molecule has 0 aromatic heterocycles. The highest BCUT2D eigenvalue weighted by Crippen LogP contribution is 2.21. The lowest BCUT2D eigenvalue weighted by Crippen LogP contribution is -1.84. The lowest BCUT2D eigenvalue weighted by Gasteiger charge is -1.98. The molecule has 0 saturated carbocycles. The van der Waals surface area contributed by atoms with E-state index in [-0.39, 0.29) is 0 Å². The highest BCUT2D eigenvalue weighted by Gasteiger charge is 2.02. The van der Waals surface area contributed by atoms with Crippen LogP contribution in [0.25, 0.3) is 0 Å². The zero-order valence-electron chi connectivity index (χ0n) is 6.47. The van der Waals surface area contributed by atoms with Crippen molar-refractivity contribution in [2.24, 2.45) is 0 Å². The average molecular weight is 140 g/mol. The maximum Gasteiger partial charge on any atom is 0.0431 e. The lowest BCUT2D eigenvalue weighted by atomic mass is 10.1. The predicted octanol–water partition coefficient (Wildman–Crippen LogP) is 2.26. The first-order valence-corrected chi connectivity index (χ1v) is 4.22. The fourth-order valence-corrected chi connectivity index (χ4v) is 1.43. The minimum atomic E-state index is 0.354. The van der Waals surface area contributed by atoms with Crippen LogP contribution in [0.3, 0.4) is 0 Å². The number of aliphatic hydroxyl groups is 1. The van der Waals surface area contributed by atoms with Crippen LogP contribution in [0.4, 0.5) is 0 Å². The summed E-state index contributed by atoms with van der Waals surface area (Å²) in [5.41, 5.74) is 1.62. The second-order valence-corrected chi connectivity index (χ2v) is 2.94. The molecule has 0 aromatic rings. The normalized spacial score (nSPS) is 17.5. The third-order valence-electron chi connectivity index (χ3n) is 2.04. The van der Waals surface area contributed by atoms with E-state index in [1.807, 2.05) is 0 Å². The van der Waals surface area contributed by atoms with E-state index in [1.54, 1.807) is 5.57 Å². The summed E-state index contributed by atoms with van der Waals surface area (Å²) in [5, 5.41) is 8.52. The Balaban J connectivity index is 2.01. The number of unbranched alkanes of at least 4 members (excludes halogenated alkanes) is 1. The van der Waals surface area contributed by atoms with Gasteiger partial charge in [-0.15, -0.1) is 0 Å². The maximum atomic E-state index is 8.52. The van der Waals surface area contributed by atoms with Crippen molar-refractivity contribution in [3.05, 3.63) is 11.6 Å². The van der Waals surface area contributed by atoms with Crippen LogP contribution in [0.5, 0.6) is 0 Å². The molecule has 58 valence electrons. The summed E-state index contributed by atoms with van der Waals surface area (Å²) in [4.78, 5) is 0. The van der Waals surface area contributed by atoms with Gasteiger partial charge in [-0.1, -0.05) is 11.6 Å². The van der Waals surface area contributed by atoms with Gasteiger partial charge in [-0.05, 0) is 38.5 Å². The van der Waals surface area contributed by atoms with Crippen LogP contribution < -0.4 is 0 Å². The van der Waals surface area contributed by atoms with E-state index in [9.17, 15) is 0 Å². The standard InChI is InChI=1S/C9H16O/c10-8-4-3-7-9-5-1-2-6-9/h5,10H,1-4,6-8H2. The van der Waals surface area contributed by atoms with Gasteiger partial charge in [-0.2, -0.15) is 0 Å². The quantitative estimate of drug-likeness (QED) is 0.469. The summed E-state index contributed by atoms with van der Waals surface area (Å²) in [6.45, 7) is 0.354. The Morgan fingerprint density at radius 2 is 2.30 bits per heavy atom. The first-order valence-electron chi connectivity index (χ1n) is 4.22. The molecule has 0 amide bonds. The molecule has 1 aliphatic carbocycles.